The van der Waals surface area contributed by atoms with Gasteiger partial charge in [-0.25, -0.2) is 0 Å². The summed E-state index contributed by atoms with van der Waals surface area (Å²) in [5.74, 6) is 1.24. The van der Waals surface area contributed by atoms with Gasteiger partial charge in [-0.15, -0.1) is 0 Å². The van der Waals surface area contributed by atoms with E-state index in [1.807, 2.05) is 21.7 Å². The molecule has 1 aromatic rings. The number of nitrogen functional groups attached to an aromatic ring is 1. The Bertz CT molecular complexity index is 480. The number of piperidine rings is 1. The van der Waals surface area contributed by atoms with Crippen LogP contribution in [0.2, 0.25) is 0 Å². The number of nitrogens with two attached hydrogens (primary N) is 1. The minimum Gasteiger partial charge on any atom is -0.397 e. The van der Waals surface area contributed by atoms with Gasteiger partial charge in [-0.2, -0.15) is 0 Å². The number of hydrogen-bond acceptors (Lipinski definition) is 2. The van der Waals surface area contributed by atoms with Crippen molar-refractivity contribution in [1.82, 2.24) is 9.47 Å². The highest BCUT2D eigenvalue weighted by atomic mass is 16.2. The minimum absolute atomic E-state index is 0.126. The van der Waals surface area contributed by atoms with Crippen LogP contribution in [0.15, 0.2) is 12.3 Å². The standard InChI is InChI=1S/C16H27N3O/c1-5-6-18-10-14(17)8-15(18)16(20)19-9-11(2)7-12(3)13(19)4/h8,10-13H,5-7,9,17H2,1-4H3. The second-order valence-electron chi connectivity index (χ2n) is 6.37. The molecular weight excluding hydrogens is 250 g/mol. The first-order valence-corrected chi connectivity index (χ1v) is 7.70. The molecule has 0 aliphatic carbocycles. The van der Waals surface area contributed by atoms with Gasteiger partial charge in [-0.1, -0.05) is 20.8 Å². The molecule has 0 saturated carbocycles. The first kappa shape index (κ1) is 14.9. The van der Waals surface area contributed by atoms with E-state index in [4.69, 9.17) is 5.73 Å². The Labute approximate surface area is 121 Å². The predicted octanol–water partition coefficient (Wildman–Crippen LogP) is 2.99. The molecule has 0 aromatic carbocycles. The fourth-order valence-electron chi connectivity index (χ4n) is 3.27. The predicted molar refractivity (Wildman–Crippen MR) is 82.6 cm³/mol. The molecule has 4 heteroatoms. The molecule has 1 aromatic heterocycles. The van der Waals surface area contributed by atoms with E-state index in [0.717, 1.165) is 25.2 Å². The Hall–Kier alpha value is -1.45. The van der Waals surface area contributed by atoms with Crippen LogP contribution in [-0.4, -0.2) is 28.0 Å². The normalized spacial score (nSPS) is 26.8. The van der Waals surface area contributed by atoms with E-state index in [-0.39, 0.29) is 5.91 Å². The van der Waals surface area contributed by atoms with Gasteiger partial charge in [0, 0.05) is 25.3 Å². The van der Waals surface area contributed by atoms with E-state index in [2.05, 4.69) is 27.7 Å². The number of carbonyl (C=O) groups excluding carboxylic acids is 1. The molecular formula is C16H27N3O. The van der Waals surface area contributed by atoms with Crippen molar-refractivity contribution in [2.75, 3.05) is 12.3 Å². The number of rotatable bonds is 3. The van der Waals surface area contributed by atoms with E-state index >= 15 is 0 Å². The summed E-state index contributed by atoms with van der Waals surface area (Å²) in [6, 6.07) is 2.11. The summed E-state index contributed by atoms with van der Waals surface area (Å²) in [4.78, 5) is 14.9. The number of amides is 1. The van der Waals surface area contributed by atoms with Gasteiger partial charge in [0.2, 0.25) is 0 Å². The molecule has 3 atom stereocenters. The maximum absolute atomic E-state index is 12.9. The second-order valence-corrected chi connectivity index (χ2v) is 6.37. The van der Waals surface area contributed by atoms with Gasteiger partial charge in [-0.3, -0.25) is 4.79 Å². The number of carbonyl (C=O) groups is 1. The molecule has 0 spiro atoms. The summed E-state index contributed by atoms with van der Waals surface area (Å²) in [5.41, 5.74) is 7.28. The summed E-state index contributed by atoms with van der Waals surface area (Å²) in [5, 5.41) is 0. The third-order valence-electron chi connectivity index (χ3n) is 4.46. The first-order valence-electron chi connectivity index (χ1n) is 7.70. The molecule has 1 amide bonds. The lowest BCUT2D eigenvalue weighted by Crippen LogP contribution is -2.49. The number of anilines is 1. The molecule has 20 heavy (non-hydrogen) atoms. The number of hydrogen-bond donors (Lipinski definition) is 1. The van der Waals surface area contributed by atoms with Crippen molar-refractivity contribution in [2.24, 2.45) is 11.8 Å². The van der Waals surface area contributed by atoms with E-state index in [9.17, 15) is 4.79 Å². The van der Waals surface area contributed by atoms with Crippen LogP contribution < -0.4 is 5.73 Å². The first-order chi connectivity index (χ1) is 9.43. The van der Waals surface area contributed by atoms with Crippen LogP contribution in [-0.2, 0) is 6.54 Å². The summed E-state index contributed by atoms with van der Waals surface area (Å²) in [6.45, 7) is 10.4. The van der Waals surface area contributed by atoms with E-state index in [1.54, 1.807) is 0 Å². The van der Waals surface area contributed by atoms with Crippen LogP contribution in [0.5, 0.6) is 0 Å². The van der Waals surface area contributed by atoms with Crippen molar-refractivity contribution in [2.45, 2.75) is 53.1 Å². The Balaban J connectivity index is 2.26. The smallest absolute Gasteiger partial charge is 0.270 e. The fourth-order valence-corrected chi connectivity index (χ4v) is 3.27. The molecule has 4 nitrogen and oxygen atoms in total. The van der Waals surface area contributed by atoms with Gasteiger partial charge in [0.15, 0.2) is 0 Å². The zero-order chi connectivity index (χ0) is 14.9. The van der Waals surface area contributed by atoms with Crippen LogP contribution >= 0.6 is 0 Å². The fraction of sp³-hybridized carbons (Fsp3) is 0.688. The molecule has 2 heterocycles. The third kappa shape index (κ3) is 2.84. The summed E-state index contributed by atoms with van der Waals surface area (Å²) < 4.78 is 1.99. The van der Waals surface area contributed by atoms with E-state index in [1.165, 1.54) is 6.42 Å². The number of aromatic nitrogens is 1. The third-order valence-corrected chi connectivity index (χ3v) is 4.46. The Kier molecular flexibility index (Phi) is 4.41. The molecule has 1 aliphatic heterocycles. The highest BCUT2D eigenvalue weighted by molar-refractivity contribution is 5.94. The molecule has 1 saturated heterocycles. The molecule has 1 fully saturated rings. The van der Waals surface area contributed by atoms with Gasteiger partial charge in [0.25, 0.3) is 5.91 Å². The molecule has 2 rings (SSSR count). The van der Waals surface area contributed by atoms with Crippen molar-refractivity contribution in [3.63, 3.8) is 0 Å². The molecule has 1 aliphatic rings. The largest absolute Gasteiger partial charge is 0.397 e. The molecule has 112 valence electrons. The second kappa shape index (κ2) is 5.90. The number of nitrogens with zero attached hydrogens (tertiary/aromatic N) is 2. The van der Waals surface area contributed by atoms with Crippen molar-refractivity contribution < 1.29 is 4.79 Å². The topological polar surface area (TPSA) is 51.3 Å². The molecule has 0 radical (unpaired) electrons. The van der Waals surface area contributed by atoms with Crippen LogP contribution in [0.4, 0.5) is 5.69 Å². The van der Waals surface area contributed by atoms with Crippen molar-refractivity contribution in [3.8, 4) is 0 Å². The van der Waals surface area contributed by atoms with E-state index < -0.39 is 0 Å². The quantitative estimate of drug-likeness (QED) is 0.923. The highest BCUT2D eigenvalue weighted by Crippen LogP contribution is 2.28. The van der Waals surface area contributed by atoms with Crippen molar-refractivity contribution in [1.29, 1.82) is 0 Å². The van der Waals surface area contributed by atoms with Crippen LogP contribution in [0.3, 0.4) is 0 Å². The maximum Gasteiger partial charge on any atom is 0.270 e. The van der Waals surface area contributed by atoms with Gasteiger partial charge >= 0.3 is 0 Å². The lowest BCUT2D eigenvalue weighted by atomic mass is 9.86. The van der Waals surface area contributed by atoms with Crippen LogP contribution in [0.1, 0.15) is 51.0 Å². The van der Waals surface area contributed by atoms with Gasteiger partial charge in [0.1, 0.15) is 5.69 Å². The van der Waals surface area contributed by atoms with Gasteiger partial charge < -0.3 is 15.2 Å². The zero-order valence-corrected chi connectivity index (χ0v) is 13.1. The number of aryl methyl sites for hydroxylation is 1. The van der Waals surface area contributed by atoms with Gasteiger partial charge in [-0.05, 0) is 37.7 Å². The lowest BCUT2D eigenvalue weighted by Gasteiger charge is -2.41. The van der Waals surface area contributed by atoms with E-state index in [0.29, 0.717) is 23.6 Å². The molecule has 0 bridgehead atoms. The Morgan fingerprint density at radius 1 is 1.40 bits per heavy atom. The Morgan fingerprint density at radius 3 is 2.75 bits per heavy atom. The summed E-state index contributed by atoms with van der Waals surface area (Å²) in [7, 11) is 0. The van der Waals surface area contributed by atoms with Crippen molar-refractivity contribution in [3.05, 3.63) is 18.0 Å². The lowest BCUT2D eigenvalue weighted by molar-refractivity contribution is 0.0445. The number of likely N-dealkylation sites (tertiary alicyclic amines) is 1. The summed E-state index contributed by atoms with van der Waals surface area (Å²) >= 11 is 0. The summed E-state index contributed by atoms with van der Waals surface area (Å²) in [6.07, 6.45) is 4.07. The molecule has 3 unspecified atom stereocenters. The highest BCUT2D eigenvalue weighted by Gasteiger charge is 2.33. The van der Waals surface area contributed by atoms with Gasteiger partial charge in [0.05, 0.1) is 5.69 Å². The SMILES string of the molecule is CCCn1cc(N)cc1C(=O)N1CC(C)CC(C)C1C. The zero-order valence-electron chi connectivity index (χ0n) is 13.1. The Morgan fingerprint density at radius 2 is 2.10 bits per heavy atom. The van der Waals surface area contributed by atoms with Crippen LogP contribution in [0, 0.1) is 11.8 Å². The van der Waals surface area contributed by atoms with Crippen LogP contribution in [0.25, 0.3) is 0 Å². The minimum atomic E-state index is 0.126. The van der Waals surface area contributed by atoms with Crippen molar-refractivity contribution >= 4 is 11.6 Å². The average molecular weight is 277 g/mol. The monoisotopic (exact) mass is 277 g/mol. The molecule has 2 N–H and O–H groups in total. The maximum atomic E-state index is 12.9. The average Bonchev–Trinajstić information content (AvgIpc) is 2.74.